The molecule has 2 heterocycles. The van der Waals surface area contributed by atoms with Crippen molar-refractivity contribution in [1.82, 2.24) is 4.98 Å². The molecule has 5 nitrogen and oxygen atoms in total. The Labute approximate surface area is 132 Å². The number of hydrogen-bond donors (Lipinski definition) is 1. The quantitative estimate of drug-likeness (QED) is 0.651. The molecule has 0 spiro atoms. The Morgan fingerprint density at radius 3 is 2.73 bits per heavy atom. The summed E-state index contributed by atoms with van der Waals surface area (Å²) in [5.41, 5.74) is 1.74. The van der Waals surface area contributed by atoms with Gasteiger partial charge in [-0.1, -0.05) is 19.0 Å². The van der Waals surface area contributed by atoms with Crippen molar-refractivity contribution in [2.24, 2.45) is 10.2 Å². The summed E-state index contributed by atoms with van der Waals surface area (Å²) >= 11 is 1.60. The van der Waals surface area contributed by atoms with Crippen molar-refractivity contribution >= 4 is 33.1 Å². The molecule has 6 heteroatoms. The van der Waals surface area contributed by atoms with Gasteiger partial charge in [0, 0.05) is 16.7 Å². The summed E-state index contributed by atoms with van der Waals surface area (Å²) in [7, 11) is 0. The van der Waals surface area contributed by atoms with Crippen LogP contribution in [0.3, 0.4) is 0 Å². The van der Waals surface area contributed by atoms with Crippen LogP contribution in [-0.2, 0) is 12.8 Å². The first-order valence-corrected chi connectivity index (χ1v) is 8.05. The molecule has 0 saturated carbocycles. The van der Waals surface area contributed by atoms with Crippen LogP contribution in [-0.4, -0.2) is 10.1 Å². The summed E-state index contributed by atoms with van der Waals surface area (Å²) in [5.74, 6) is 1.08. The van der Waals surface area contributed by atoms with E-state index in [4.69, 9.17) is 4.42 Å². The predicted octanol–water partition coefficient (Wildman–Crippen LogP) is 5.44. The van der Waals surface area contributed by atoms with Gasteiger partial charge < -0.3 is 9.52 Å². The standard InChI is InChI=1S/C16H17N3O2S/c1-4-10-7-13(20)12-6-9(3)22-15(12)14(10)18-19-16-17-8-11(5-2)21-16/h6-8,20H,4-5H2,1-3H3/b19-18+. The maximum absolute atomic E-state index is 10.1. The number of rotatable bonds is 4. The molecular weight excluding hydrogens is 298 g/mol. The lowest BCUT2D eigenvalue weighted by atomic mass is 10.1. The van der Waals surface area contributed by atoms with Crippen LogP contribution < -0.4 is 0 Å². The third-order valence-electron chi connectivity index (χ3n) is 3.47. The van der Waals surface area contributed by atoms with Crippen LogP contribution in [0.1, 0.15) is 30.0 Å². The van der Waals surface area contributed by atoms with E-state index in [1.807, 2.05) is 26.8 Å². The Hall–Kier alpha value is -2.21. The largest absolute Gasteiger partial charge is 0.507 e. The molecule has 1 aromatic carbocycles. The Balaban J connectivity index is 2.10. The number of hydrogen-bond acceptors (Lipinski definition) is 6. The Morgan fingerprint density at radius 2 is 2.05 bits per heavy atom. The summed E-state index contributed by atoms with van der Waals surface area (Å²) < 4.78 is 6.40. The smallest absolute Gasteiger partial charge is 0.341 e. The van der Waals surface area contributed by atoms with Crippen molar-refractivity contribution in [2.75, 3.05) is 0 Å². The molecule has 0 radical (unpaired) electrons. The maximum Gasteiger partial charge on any atom is 0.341 e. The monoisotopic (exact) mass is 315 g/mol. The molecule has 3 aromatic rings. The first kappa shape index (κ1) is 14.7. The minimum atomic E-state index is 0.258. The van der Waals surface area contributed by atoms with Crippen LogP contribution in [0.2, 0.25) is 0 Å². The van der Waals surface area contributed by atoms with E-state index in [0.717, 1.165) is 44.8 Å². The molecule has 0 aliphatic carbocycles. The Morgan fingerprint density at radius 1 is 1.23 bits per heavy atom. The van der Waals surface area contributed by atoms with Crippen LogP contribution >= 0.6 is 11.3 Å². The second-order valence-corrected chi connectivity index (χ2v) is 6.28. The normalized spacial score (nSPS) is 11.8. The minimum absolute atomic E-state index is 0.258. The summed E-state index contributed by atoms with van der Waals surface area (Å²) in [6.45, 7) is 6.03. The highest BCUT2D eigenvalue weighted by Gasteiger charge is 2.14. The van der Waals surface area contributed by atoms with Crippen molar-refractivity contribution in [1.29, 1.82) is 0 Å². The highest BCUT2D eigenvalue weighted by molar-refractivity contribution is 7.19. The van der Waals surface area contributed by atoms with Gasteiger partial charge in [-0.15, -0.1) is 16.5 Å². The average molecular weight is 315 g/mol. The van der Waals surface area contributed by atoms with Gasteiger partial charge in [0.15, 0.2) is 0 Å². The molecule has 3 rings (SSSR count). The lowest BCUT2D eigenvalue weighted by Crippen LogP contribution is -1.82. The van der Waals surface area contributed by atoms with Crippen molar-refractivity contribution in [3.63, 3.8) is 0 Å². The van der Waals surface area contributed by atoms with E-state index in [0.29, 0.717) is 5.75 Å². The molecular formula is C16H17N3O2S. The van der Waals surface area contributed by atoms with Crippen molar-refractivity contribution in [2.45, 2.75) is 33.6 Å². The van der Waals surface area contributed by atoms with E-state index in [1.165, 1.54) is 0 Å². The second-order valence-electron chi connectivity index (χ2n) is 5.02. The van der Waals surface area contributed by atoms with E-state index in [-0.39, 0.29) is 6.01 Å². The molecule has 0 saturated heterocycles. The van der Waals surface area contributed by atoms with Crippen LogP contribution in [0.15, 0.2) is 33.0 Å². The number of aromatic hydroxyl groups is 1. The molecule has 0 aliphatic rings. The van der Waals surface area contributed by atoms with E-state index >= 15 is 0 Å². The zero-order valence-electron chi connectivity index (χ0n) is 12.8. The third-order valence-corrected chi connectivity index (χ3v) is 4.52. The Bertz CT molecular complexity index is 849. The maximum atomic E-state index is 10.1. The van der Waals surface area contributed by atoms with Gasteiger partial charge in [-0.05, 0) is 31.0 Å². The van der Waals surface area contributed by atoms with Crippen LogP contribution in [0, 0.1) is 6.92 Å². The average Bonchev–Trinajstić information content (AvgIpc) is 3.12. The highest BCUT2D eigenvalue weighted by atomic mass is 32.1. The molecule has 114 valence electrons. The first-order chi connectivity index (χ1) is 10.6. The molecule has 1 N–H and O–H groups in total. The molecule has 0 fully saturated rings. The molecule has 0 unspecified atom stereocenters. The Kier molecular flexibility index (Phi) is 3.94. The topological polar surface area (TPSA) is 71.0 Å². The van der Waals surface area contributed by atoms with Gasteiger partial charge in [0.25, 0.3) is 0 Å². The number of nitrogens with zero attached hydrogens (tertiary/aromatic N) is 3. The number of thiophene rings is 1. The van der Waals surface area contributed by atoms with Gasteiger partial charge in [0.2, 0.25) is 0 Å². The van der Waals surface area contributed by atoms with E-state index in [2.05, 4.69) is 15.2 Å². The van der Waals surface area contributed by atoms with Crippen molar-refractivity contribution in [3.8, 4) is 5.75 Å². The van der Waals surface area contributed by atoms with Gasteiger partial charge in [-0.3, -0.25) is 0 Å². The zero-order chi connectivity index (χ0) is 15.7. The fraction of sp³-hybridized carbons (Fsp3) is 0.312. The number of phenolic OH excluding ortho intramolecular Hbond substituents is 1. The highest BCUT2D eigenvalue weighted by Crippen LogP contribution is 2.42. The van der Waals surface area contributed by atoms with Crippen molar-refractivity contribution < 1.29 is 9.52 Å². The van der Waals surface area contributed by atoms with E-state index in [9.17, 15) is 5.11 Å². The predicted molar refractivity (Wildman–Crippen MR) is 87.7 cm³/mol. The van der Waals surface area contributed by atoms with Crippen LogP contribution in [0.4, 0.5) is 11.7 Å². The zero-order valence-corrected chi connectivity index (χ0v) is 13.6. The van der Waals surface area contributed by atoms with Crippen molar-refractivity contribution in [3.05, 3.63) is 34.5 Å². The molecule has 2 aromatic heterocycles. The summed E-state index contributed by atoms with van der Waals surface area (Å²) in [6.07, 6.45) is 3.20. The summed E-state index contributed by atoms with van der Waals surface area (Å²) in [5, 5.41) is 19.4. The fourth-order valence-electron chi connectivity index (χ4n) is 2.32. The van der Waals surface area contributed by atoms with Gasteiger partial charge >= 0.3 is 6.01 Å². The molecule has 0 aliphatic heterocycles. The van der Waals surface area contributed by atoms with Gasteiger partial charge in [-0.2, -0.15) is 4.98 Å². The van der Waals surface area contributed by atoms with Crippen LogP contribution in [0.5, 0.6) is 5.75 Å². The third kappa shape index (κ3) is 2.62. The van der Waals surface area contributed by atoms with Gasteiger partial charge in [-0.25, -0.2) is 0 Å². The summed E-state index contributed by atoms with van der Waals surface area (Å²) in [6, 6.07) is 3.98. The lowest BCUT2D eigenvalue weighted by Gasteiger charge is -2.05. The number of azo groups is 1. The molecule has 0 bridgehead atoms. The molecule has 0 amide bonds. The summed E-state index contributed by atoms with van der Waals surface area (Å²) in [4.78, 5) is 5.21. The minimum Gasteiger partial charge on any atom is -0.507 e. The number of oxazole rings is 1. The van der Waals surface area contributed by atoms with E-state index < -0.39 is 0 Å². The fourth-order valence-corrected chi connectivity index (χ4v) is 3.36. The molecule has 0 atom stereocenters. The number of aryl methyl sites for hydroxylation is 3. The number of benzene rings is 1. The van der Waals surface area contributed by atoms with Gasteiger partial charge in [0.1, 0.15) is 17.2 Å². The number of aromatic nitrogens is 1. The first-order valence-electron chi connectivity index (χ1n) is 7.23. The molecule has 22 heavy (non-hydrogen) atoms. The SMILES string of the molecule is CCc1cnc(/N=N/c2c(CC)cc(O)c3cc(C)sc23)o1. The number of fused-ring (bicyclic) bond motifs is 1. The number of phenols is 1. The van der Waals surface area contributed by atoms with E-state index in [1.54, 1.807) is 23.6 Å². The second kappa shape index (κ2) is 5.88. The lowest BCUT2D eigenvalue weighted by molar-refractivity contribution is 0.481. The van der Waals surface area contributed by atoms with Gasteiger partial charge in [0.05, 0.1) is 10.9 Å². The van der Waals surface area contributed by atoms with Crippen LogP contribution in [0.25, 0.3) is 10.1 Å².